The van der Waals surface area contributed by atoms with Crippen molar-refractivity contribution >= 4 is 29.5 Å². The molecular formula is C14H23N5O4S. The summed E-state index contributed by atoms with van der Waals surface area (Å²) in [4.78, 5) is 42.0. The zero-order valence-corrected chi connectivity index (χ0v) is 14.4. The Balaban J connectivity index is 2.75. The molecule has 1 rings (SSSR count). The van der Waals surface area contributed by atoms with Gasteiger partial charge in [-0.2, -0.15) is 11.8 Å². The van der Waals surface area contributed by atoms with Crippen molar-refractivity contribution in [3.63, 3.8) is 0 Å². The molecule has 0 fully saturated rings. The molecule has 10 heteroatoms. The van der Waals surface area contributed by atoms with Crippen LogP contribution in [0.2, 0.25) is 0 Å². The van der Waals surface area contributed by atoms with Gasteiger partial charge in [-0.1, -0.05) is 0 Å². The number of rotatable bonds is 10. The third-order valence-electron chi connectivity index (χ3n) is 3.31. The molecule has 6 N–H and O–H groups in total. The van der Waals surface area contributed by atoms with E-state index in [4.69, 9.17) is 10.8 Å². The fourth-order valence-corrected chi connectivity index (χ4v) is 2.35. The first-order chi connectivity index (χ1) is 11.3. The summed E-state index contributed by atoms with van der Waals surface area (Å²) < 4.78 is 0. The highest BCUT2D eigenvalue weighted by molar-refractivity contribution is 7.98. The second-order valence-corrected chi connectivity index (χ2v) is 6.28. The van der Waals surface area contributed by atoms with Crippen molar-refractivity contribution in [2.45, 2.75) is 37.9 Å². The zero-order valence-electron chi connectivity index (χ0n) is 13.6. The van der Waals surface area contributed by atoms with Gasteiger partial charge in [-0.15, -0.1) is 0 Å². The second-order valence-electron chi connectivity index (χ2n) is 5.30. The van der Waals surface area contributed by atoms with Gasteiger partial charge in [0.05, 0.1) is 12.4 Å². The minimum absolute atomic E-state index is 0.152. The van der Waals surface area contributed by atoms with Crippen LogP contribution in [-0.4, -0.2) is 63.0 Å². The van der Waals surface area contributed by atoms with Gasteiger partial charge in [-0.3, -0.25) is 14.4 Å². The zero-order chi connectivity index (χ0) is 18.1. The number of nitrogens with one attached hydrogen (secondary N) is 3. The van der Waals surface area contributed by atoms with Gasteiger partial charge in [-0.05, 0) is 25.4 Å². The molecule has 0 saturated heterocycles. The number of H-pyrrole nitrogens is 1. The number of aliphatic carboxylic acids is 1. The van der Waals surface area contributed by atoms with Crippen LogP contribution >= 0.6 is 11.8 Å². The molecule has 0 aliphatic carbocycles. The standard InChI is InChI=1S/C14H23N5O4S/c1-8(14(22)23)18-13(21)11(5-9-6-16-7-17-9)19-12(20)10(15)3-4-24-2/h6-8,10-11H,3-5,15H2,1-2H3,(H,16,17)(H,18,21)(H,19,20)(H,22,23). The molecule has 0 spiro atoms. The molecule has 9 nitrogen and oxygen atoms in total. The Labute approximate surface area is 144 Å². The maximum Gasteiger partial charge on any atom is 0.325 e. The van der Waals surface area contributed by atoms with Crippen LogP contribution in [0.5, 0.6) is 0 Å². The van der Waals surface area contributed by atoms with Gasteiger partial charge in [0.25, 0.3) is 0 Å². The first kappa shape index (κ1) is 20.0. The molecule has 0 radical (unpaired) electrons. The van der Waals surface area contributed by atoms with Crippen LogP contribution in [0, 0.1) is 0 Å². The molecule has 1 aromatic heterocycles. The van der Waals surface area contributed by atoms with E-state index in [9.17, 15) is 14.4 Å². The number of aromatic nitrogens is 2. The molecule has 3 atom stereocenters. The van der Waals surface area contributed by atoms with E-state index in [0.717, 1.165) is 5.75 Å². The lowest BCUT2D eigenvalue weighted by Gasteiger charge is -2.21. The Morgan fingerprint density at radius 3 is 2.62 bits per heavy atom. The van der Waals surface area contributed by atoms with Crippen molar-refractivity contribution in [1.82, 2.24) is 20.6 Å². The van der Waals surface area contributed by atoms with E-state index in [1.165, 1.54) is 19.4 Å². The van der Waals surface area contributed by atoms with Crippen molar-refractivity contribution in [2.75, 3.05) is 12.0 Å². The molecule has 3 unspecified atom stereocenters. The summed E-state index contributed by atoms with van der Waals surface area (Å²) in [5.41, 5.74) is 6.44. The average molecular weight is 357 g/mol. The number of amides is 2. The van der Waals surface area contributed by atoms with E-state index >= 15 is 0 Å². The van der Waals surface area contributed by atoms with Crippen molar-refractivity contribution in [3.8, 4) is 0 Å². The molecule has 0 aliphatic heterocycles. The number of nitrogens with zero attached hydrogens (tertiary/aromatic N) is 1. The molecule has 0 aromatic carbocycles. The molecular weight excluding hydrogens is 334 g/mol. The highest BCUT2D eigenvalue weighted by Gasteiger charge is 2.26. The number of aromatic amines is 1. The highest BCUT2D eigenvalue weighted by Crippen LogP contribution is 2.03. The van der Waals surface area contributed by atoms with Gasteiger partial charge in [-0.25, -0.2) is 4.98 Å². The third-order valence-corrected chi connectivity index (χ3v) is 3.95. The van der Waals surface area contributed by atoms with E-state index in [0.29, 0.717) is 12.1 Å². The Bertz CT molecular complexity index is 551. The largest absolute Gasteiger partial charge is 0.480 e. The first-order valence-corrected chi connectivity index (χ1v) is 8.79. The van der Waals surface area contributed by atoms with E-state index in [1.807, 2.05) is 6.26 Å². The normalized spacial score (nSPS) is 14.5. The second kappa shape index (κ2) is 9.93. The Kier molecular flexibility index (Phi) is 8.27. The fraction of sp³-hybridized carbons (Fsp3) is 0.571. The Hall–Kier alpha value is -2.07. The van der Waals surface area contributed by atoms with E-state index < -0.39 is 35.9 Å². The summed E-state index contributed by atoms with van der Waals surface area (Å²) in [7, 11) is 0. The molecule has 1 heterocycles. The smallest absolute Gasteiger partial charge is 0.325 e. The number of hydrogen-bond acceptors (Lipinski definition) is 6. The van der Waals surface area contributed by atoms with Crippen LogP contribution in [0.1, 0.15) is 19.0 Å². The summed E-state index contributed by atoms with van der Waals surface area (Å²) >= 11 is 1.57. The number of carbonyl (C=O) groups is 3. The van der Waals surface area contributed by atoms with Crippen LogP contribution in [-0.2, 0) is 20.8 Å². The fourth-order valence-electron chi connectivity index (χ4n) is 1.86. The first-order valence-electron chi connectivity index (χ1n) is 7.40. The number of thioether (sulfide) groups is 1. The summed E-state index contributed by atoms with van der Waals surface area (Å²) in [5, 5.41) is 13.8. The maximum atomic E-state index is 12.3. The van der Waals surface area contributed by atoms with E-state index in [2.05, 4.69) is 20.6 Å². The number of carbonyl (C=O) groups excluding carboxylic acids is 2. The SMILES string of the molecule is CSCCC(N)C(=O)NC(Cc1cnc[nH]1)C(=O)NC(C)C(=O)O. The predicted molar refractivity (Wildman–Crippen MR) is 90.4 cm³/mol. The van der Waals surface area contributed by atoms with E-state index in [-0.39, 0.29) is 6.42 Å². The van der Waals surface area contributed by atoms with Crippen molar-refractivity contribution in [3.05, 3.63) is 18.2 Å². The van der Waals surface area contributed by atoms with Gasteiger partial charge >= 0.3 is 5.97 Å². The van der Waals surface area contributed by atoms with Gasteiger partial charge in [0.15, 0.2) is 0 Å². The summed E-state index contributed by atoms with van der Waals surface area (Å²) in [6.45, 7) is 1.35. The predicted octanol–water partition coefficient (Wildman–Crippen LogP) is -0.893. The number of hydrogen-bond donors (Lipinski definition) is 5. The molecule has 134 valence electrons. The summed E-state index contributed by atoms with van der Waals surface area (Å²) in [6.07, 6.45) is 5.53. The van der Waals surface area contributed by atoms with Crippen molar-refractivity contribution in [2.24, 2.45) is 5.73 Å². The Morgan fingerprint density at radius 1 is 1.38 bits per heavy atom. The van der Waals surface area contributed by atoms with Gasteiger partial charge in [0.1, 0.15) is 12.1 Å². The number of imidazole rings is 1. The minimum atomic E-state index is -1.16. The van der Waals surface area contributed by atoms with Crippen molar-refractivity contribution in [1.29, 1.82) is 0 Å². The van der Waals surface area contributed by atoms with Crippen LogP contribution in [0.3, 0.4) is 0 Å². The summed E-state index contributed by atoms with van der Waals surface area (Å²) in [6, 6.07) is -2.74. The lowest BCUT2D eigenvalue weighted by Crippen LogP contribution is -2.54. The molecule has 0 bridgehead atoms. The van der Waals surface area contributed by atoms with Crippen LogP contribution in [0.15, 0.2) is 12.5 Å². The monoisotopic (exact) mass is 357 g/mol. The topological polar surface area (TPSA) is 150 Å². The number of nitrogens with two attached hydrogens (primary N) is 1. The Morgan fingerprint density at radius 2 is 2.08 bits per heavy atom. The maximum absolute atomic E-state index is 12.3. The van der Waals surface area contributed by atoms with E-state index in [1.54, 1.807) is 11.8 Å². The van der Waals surface area contributed by atoms with Crippen LogP contribution in [0.4, 0.5) is 0 Å². The molecule has 24 heavy (non-hydrogen) atoms. The van der Waals surface area contributed by atoms with Crippen LogP contribution in [0.25, 0.3) is 0 Å². The summed E-state index contributed by atoms with van der Waals surface area (Å²) in [5.74, 6) is -1.48. The minimum Gasteiger partial charge on any atom is -0.480 e. The molecule has 1 aromatic rings. The average Bonchev–Trinajstić information content (AvgIpc) is 3.04. The van der Waals surface area contributed by atoms with Crippen molar-refractivity contribution < 1.29 is 19.5 Å². The quantitative estimate of drug-likeness (QED) is 0.364. The number of carboxylic acids is 1. The molecule has 2 amide bonds. The lowest BCUT2D eigenvalue weighted by molar-refractivity contribution is -0.141. The van der Waals surface area contributed by atoms with Gasteiger partial charge < -0.3 is 26.5 Å². The third kappa shape index (κ3) is 6.59. The molecule has 0 aliphatic rings. The van der Waals surface area contributed by atoms with Crippen LogP contribution < -0.4 is 16.4 Å². The molecule has 0 saturated carbocycles. The lowest BCUT2D eigenvalue weighted by atomic mass is 10.1. The van der Waals surface area contributed by atoms with Gasteiger partial charge in [0, 0.05) is 18.3 Å². The van der Waals surface area contributed by atoms with Gasteiger partial charge in [0.2, 0.25) is 11.8 Å². The highest BCUT2D eigenvalue weighted by atomic mass is 32.2. The number of carboxylic acid groups (broad SMARTS) is 1.